The van der Waals surface area contributed by atoms with Crippen LogP contribution in [0.1, 0.15) is 39.0 Å². The summed E-state index contributed by atoms with van der Waals surface area (Å²) in [4.78, 5) is 12.2. The van der Waals surface area contributed by atoms with Crippen LogP contribution in [-0.4, -0.2) is 29.3 Å². The van der Waals surface area contributed by atoms with Crippen molar-refractivity contribution in [3.8, 4) is 5.75 Å². The van der Waals surface area contributed by atoms with E-state index in [2.05, 4.69) is 5.32 Å². The highest BCUT2D eigenvalue weighted by Crippen LogP contribution is 2.20. The molecule has 116 valence electrons. The van der Waals surface area contributed by atoms with E-state index in [1.54, 1.807) is 12.1 Å². The van der Waals surface area contributed by atoms with E-state index in [9.17, 15) is 14.3 Å². The van der Waals surface area contributed by atoms with Crippen LogP contribution in [0.2, 0.25) is 0 Å². The summed E-state index contributed by atoms with van der Waals surface area (Å²) in [7, 11) is 0. The van der Waals surface area contributed by atoms with Crippen LogP contribution in [0, 0.1) is 5.82 Å². The van der Waals surface area contributed by atoms with E-state index in [1.165, 1.54) is 12.1 Å². The first-order valence-electron chi connectivity index (χ1n) is 7.49. The molecule has 5 heteroatoms. The monoisotopic (exact) mass is 295 g/mol. The quantitative estimate of drug-likeness (QED) is 0.877. The fourth-order valence-electron chi connectivity index (χ4n) is 2.53. The van der Waals surface area contributed by atoms with Crippen molar-refractivity contribution in [2.75, 3.05) is 0 Å². The van der Waals surface area contributed by atoms with Gasteiger partial charge in [-0.1, -0.05) is 19.1 Å². The molecule has 2 N–H and O–H groups in total. The van der Waals surface area contributed by atoms with Crippen molar-refractivity contribution < 1.29 is 19.0 Å². The Balaban J connectivity index is 1.91. The molecule has 1 amide bonds. The van der Waals surface area contributed by atoms with Gasteiger partial charge in [-0.2, -0.15) is 0 Å². The van der Waals surface area contributed by atoms with Gasteiger partial charge in [-0.3, -0.25) is 4.79 Å². The van der Waals surface area contributed by atoms with E-state index in [1.807, 2.05) is 6.92 Å². The van der Waals surface area contributed by atoms with Gasteiger partial charge in [0.1, 0.15) is 0 Å². The predicted molar refractivity (Wildman–Crippen MR) is 77.5 cm³/mol. The van der Waals surface area contributed by atoms with Gasteiger partial charge in [-0.15, -0.1) is 0 Å². The van der Waals surface area contributed by atoms with Crippen molar-refractivity contribution >= 4 is 5.91 Å². The van der Waals surface area contributed by atoms with Gasteiger partial charge in [0.25, 0.3) is 5.91 Å². The Labute approximate surface area is 124 Å². The second-order valence-electron chi connectivity index (χ2n) is 5.46. The number of hydrogen-bond donors (Lipinski definition) is 2. The smallest absolute Gasteiger partial charge is 0.261 e. The van der Waals surface area contributed by atoms with Crippen molar-refractivity contribution in [2.45, 2.75) is 57.3 Å². The van der Waals surface area contributed by atoms with Gasteiger partial charge in [-0.25, -0.2) is 4.39 Å². The number of para-hydroxylation sites is 1. The van der Waals surface area contributed by atoms with Crippen molar-refractivity contribution in [3.63, 3.8) is 0 Å². The average molecular weight is 295 g/mol. The molecule has 0 saturated heterocycles. The first-order valence-corrected chi connectivity index (χ1v) is 7.49. The van der Waals surface area contributed by atoms with Crippen molar-refractivity contribution in [1.82, 2.24) is 5.32 Å². The molecule has 1 atom stereocenters. The van der Waals surface area contributed by atoms with Gasteiger partial charge in [-0.05, 0) is 44.2 Å². The molecular formula is C16H22FNO3. The molecule has 0 bridgehead atoms. The number of nitrogens with one attached hydrogen (secondary N) is 1. The average Bonchev–Trinajstić information content (AvgIpc) is 2.48. The van der Waals surface area contributed by atoms with E-state index in [4.69, 9.17) is 4.74 Å². The van der Waals surface area contributed by atoms with Gasteiger partial charge in [0.15, 0.2) is 17.7 Å². The number of carbonyl (C=O) groups excluding carboxylic acids is 1. The number of amides is 1. The minimum Gasteiger partial charge on any atom is -0.478 e. The zero-order chi connectivity index (χ0) is 15.2. The highest BCUT2D eigenvalue weighted by Gasteiger charge is 2.25. The van der Waals surface area contributed by atoms with Crippen LogP contribution in [0.5, 0.6) is 5.75 Å². The van der Waals surface area contributed by atoms with E-state index >= 15 is 0 Å². The third-order valence-corrected chi connectivity index (χ3v) is 3.81. The summed E-state index contributed by atoms with van der Waals surface area (Å²) in [5.41, 5.74) is 0. The summed E-state index contributed by atoms with van der Waals surface area (Å²) < 4.78 is 19.0. The topological polar surface area (TPSA) is 58.6 Å². The molecule has 21 heavy (non-hydrogen) atoms. The summed E-state index contributed by atoms with van der Waals surface area (Å²) in [6, 6.07) is 6.14. The van der Waals surface area contributed by atoms with Crippen LogP contribution < -0.4 is 10.1 Å². The van der Waals surface area contributed by atoms with Crippen LogP contribution in [-0.2, 0) is 4.79 Å². The highest BCUT2D eigenvalue weighted by atomic mass is 19.1. The molecule has 0 spiro atoms. The molecule has 1 unspecified atom stereocenters. The highest BCUT2D eigenvalue weighted by molar-refractivity contribution is 5.81. The fourth-order valence-corrected chi connectivity index (χ4v) is 2.53. The number of rotatable bonds is 5. The maximum atomic E-state index is 13.6. The lowest BCUT2D eigenvalue weighted by Crippen LogP contribution is -2.45. The zero-order valence-corrected chi connectivity index (χ0v) is 12.2. The molecule has 1 fully saturated rings. The lowest BCUT2D eigenvalue weighted by molar-refractivity contribution is -0.129. The Morgan fingerprint density at radius 3 is 2.67 bits per heavy atom. The predicted octanol–water partition coefficient (Wildman–Crippen LogP) is 2.40. The summed E-state index contributed by atoms with van der Waals surface area (Å²) in [5.74, 6) is -0.592. The molecule has 0 aliphatic heterocycles. The summed E-state index contributed by atoms with van der Waals surface area (Å²) >= 11 is 0. The molecule has 1 aromatic carbocycles. The Bertz CT molecular complexity index is 472. The van der Waals surface area contributed by atoms with Crippen LogP contribution in [0.25, 0.3) is 0 Å². The van der Waals surface area contributed by atoms with Crippen LogP contribution in [0.15, 0.2) is 24.3 Å². The van der Waals surface area contributed by atoms with E-state index in [-0.39, 0.29) is 23.8 Å². The Morgan fingerprint density at radius 2 is 2.05 bits per heavy atom. The summed E-state index contributed by atoms with van der Waals surface area (Å²) in [5, 5.41) is 12.4. The number of hydrogen-bond acceptors (Lipinski definition) is 3. The first-order chi connectivity index (χ1) is 10.1. The lowest BCUT2D eigenvalue weighted by Gasteiger charge is -2.28. The molecule has 0 heterocycles. The van der Waals surface area contributed by atoms with Gasteiger partial charge in [0.2, 0.25) is 0 Å². The van der Waals surface area contributed by atoms with Gasteiger partial charge in [0, 0.05) is 6.04 Å². The Hall–Kier alpha value is -1.62. The number of aliphatic hydroxyl groups is 1. The standard InChI is InChI=1S/C16H22FNO3/c1-2-14(21-15-6-4-3-5-13(15)17)16(20)18-11-7-9-12(19)10-8-11/h3-6,11-12,14,19H,2,7-10H2,1H3,(H,18,20). The number of halogens is 1. The second kappa shape index (κ2) is 7.41. The van der Waals surface area contributed by atoms with E-state index in [0.29, 0.717) is 19.3 Å². The van der Waals surface area contributed by atoms with Gasteiger partial charge >= 0.3 is 0 Å². The molecule has 1 aliphatic rings. The van der Waals surface area contributed by atoms with Crippen LogP contribution in [0.3, 0.4) is 0 Å². The van der Waals surface area contributed by atoms with Crippen molar-refractivity contribution in [1.29, 1.82) is 0 Å². The maximum Gasteiger partial charge on any atom is 0.261 e. The lowest BCUT2D eigenvalue weighted by atomic mass is 9.93. The third-order valence-electron chi connectivity index (χ3n) is 3.81. The number of ether oxygens (including phenoxy) is 1. The number of carbonyl (C=O) groups is 1. The minimum absolute atomic E-state index is 0.0687. The van der Waals surface area contributed by atoms with E-state index in [0.717, 1.165) is 12.8 Å². The molecule has 2 rings (SSSR count). The molecule has 1 saturated carbocycles. The molecule has 1 aromatic rings. The van der Waals surface area contributed by atoms with Crippen LogP contribution in [0.4, 0.5) is 4.39 Å². The number of aliphatic hydroxyl groups excluding tert-OH is 1. The van der Waals surface area contributed by atoms with Crippen molar-refractivity contribution in [3.05, 3.63) is 30.1 Å². The minimum atomic E-state index is -0.700. The zero-order valence-electron chi connectivity index (χ0n) is 12.2. The second-order valence-corrected chi connectivity index (χ2v) is 5.46. The van der Waals surface area contributed by atoms with E-state index < -0.39 is 11.9 Å². The van der Waals surface area contributed by atoms with Crippen molar-refractivity contribution in [2.24, 2.45) is 0 Å². The molecule has 1 aliphatic carbocycles. The summed E-state index contributed by atoms with van der Waals surface area (Å²) in [6.45, 7) is 1.83. The summed E-state index contributed by atoms with van der Waals surface area (Å²) in [6.07, 6.45) is 2.46. The largest absolute Gasteiger partial charge is 0.478 e. The maximum absolute atomic E-state index is 13.6. The Kier molecular flexibility index (Phi) is 5.56. The fraction of sp³-hybridized carbons (Fsp3) is 0.562. The van der Waals surface area contributed by atoms with Gasteiger partial charge in [0.05, 0.1) is 6.10 Å². The molecule has 0 radical (unpaired) electrons. The Morgan fingerprint density at radius 1 is 1.38 bits per heavy atom. The van der Waals surface area contributed by atoms with Gasteiger partial charge < -0.3 is 15.2 Å². The molecule has 4 nitrogen and oxygen atoms in total. The SMILES string of the molecule is CCC(Oc1ccccc1F)C(=O)NC1CCC(O)CC1. The third kappa shape index (κ3) is 4.43. The first kappa shape index (κ1) is 15.8. The number of benzene rings is 1. The van der Waals surface area contributed by atoms with Crippen LogP contribution >= 0.6 is 0 Å². The normalized spacial score (nSPS) is 23.4. The molecule has 0 aromatic heterocycles. The molecular weight excluding hydrogens is 273 g/mol.